The van der Waals surface area contributed by atoms with E-state index in [1.807, 2.05) is 0 Å². The Kier molecular flexibility index (Phi) is 5.81. The highest BCUT2D eigenvalue weighted by atomic mass is 35.5. The summed E-state index contributed by atoms with van der Waals surface area (Å²) >= 11 is 6.17. The van der Waals surface area contributed by atoms with Crippen LogP contribution in [0.3, 0.4) is 0 Å². The van der Waals surface area contributed by atoms with Crippen LogP contribution in [-0.2, 0) is 14.3 Å². The third-order valence-corrected chi connectivity index (χ3v) is 3.48. The lowest BCUT2D eigenvalue weighted by Crippen LogP contribution is -2.15. The van der Waals surface area contributed by atoms with Crippen molar-refractivity contribution in [2.75, 3.05) is 18.6 Å². The van der Waals surface area contributed by atoms with Gasteiger partial charge in [0.25, 0.3) is 0 Å². The lowest BCUT2D eigenvalue weighted by Gasteiger charge is -2.05. The number of ether oxygens (including phenoxy) is 2. The largest absolute Gasteiger partial charge is 0.461 e. The van der Waals surface area contributed by atoms with Crippen molar-refractivity contribution in [3.05, 3.63) is 28.9 Å². The van der Waals surface area contributed by atoms with Gasteiger partial charge in [-0.25, -0.2) is 9.59 Å². The van der Waals surface area contributed by atoms with Crippen LogP contribution in [0.25, 0.3) is 10.9 Å². The number of hydrogen-bond donors (Lipinski definition) is 2. The molecule has 1 aromatic heterocycles. The average Bonchev–Trinajstić information content (AvgIpc) is 3.01. The van der Waals surface area contributed by atoms with Gasteiger partial charge in [-0.05, 0) is 39.0 Å². The van der Waals surface area contributed by atoms with Gasteiger partial charge in [0.1, 0.15) is 11.4 Å². The summed E-state index contributed by atoms with van der Waals surface area (Å²) in [6.07, 6.45) is 0. The Hall–Kier alpha value is -2.54. The van der Waals surface area contributed by atoms with E-state index in [2.05, 4.69) is 15.5 Å². The Morgan fingerprint density at radius 3 is 2.62 bits per heavy atom. The van der Waals surface area contributed by atoms with Crippen LogP contribution in [0.2, 0.25) is 5.02 Å². The Bertz CT molecular complexity index is 798. The number of carbonyl (C=O) groups excluding carboxylic acids is 2. The molecule has 0 aliphatic rings. The second kappa shape index (κ2) is 7.83. The van der Waals surface area contributed by atoms with Crippen molar-refractivity contribution in [2.24, 2.45) is 5.10 Å². The van der Waals surface area contributed by atoms with E-state index in [0.29, 0.717) is 21.6 Å². The summed E-state index contributed by atoms with van der Waals surface area (Å²) in [6, 6.07) is 4.98. The molecule has 0 saturated carbocycles. The third-order valence-electron chi connectivity index (χ3n) is 3.15. The van der Waals surface area contributed by atoms with Gasteiger partial charge in [0.15, 0.2) is 0 Å². The molecular weight excluding hydrogens is 334 g/mol. The molecule has 0 bridgehead atoms. The van der Waals surface area contributed by atoms with Crippen molar-refractivity contribution in [1.29, 1.82) is 0 Å². The van der Waals surface area contributed by atoms with Crippen molar-refractivity contribution >= 4 is 45.8 Å². The van der Waals surface area contributed by atoms with Crippen LogP contribution >= 0.6 is 11.6 Å². The monoisotopic (exact) mass is 351 g/mol. The first-order valence-corrected chi connectivity index (χ1v) is 7.81. The Morgan fingerprint density at radius 2 is 1.96 bits per heavy atom. The molecule has 0 unspecified atom stereocenters. The minimum Gasteiger partial charge on any atom is -0.461 e. The van der Waals surface area contributed by atoms with Crippen molar-refractivity contribution in [3.8, 4) is 0 Å². The molecule has 2 rings (SSSR count). The average molecular weight is 352 g/mol. The molecule has 1 aromatic carbocycles. The SMILES string of the molecule is CCOC(=O)/C(C)=N/Nc1ccc(Cl)c2cc(C(=O)OCC)[nH]c12. The molecular formula is C16H18ClN3O4. The number of esters is 2. The summed E-state index contributed by atoms with van der Waals surface area (Å²) in [6.45, 7) is 5.54. The number of rotatable bonds is 6. The topological polar surface area (TPSA) is 92.8 Å². The number of anilines is 1. The molecule has 0 spiro atoms. The highest BCUT2D eigenvalue weighted by Crippen LogP contribution is 2.30. The lowest BCUT2D eigenvalue weighted by atomic mass is 10.2. The Morgan fingerprint density at radius 1 is 1.25 bits per heavy atom. The summed E-state index contributed by atoms with van der Waals surface area (Å²) in [5, 5.41) is 5.12. The summed E-state index contributed by atoms with van der Waals surface area (Å²) in [5.41, 5.74) is 4.40. The van der Waals surface area contributed by atoms with Crippen LogP contribution in [0, 0.1) is 0 Å². The van der Waals surface area contributed by atoms with Crippen molar-refractivity contribution < 1.29 is 19.1 Å². The Labute approximate surface area is 144 Å². The number of carbonyl (C=O) groups is 2. The van der Waals surface area contributed by atoms with Crippen molar-refractivity contribution in [1.82, 2.24) is 4.98 Å². The lowest BCUT2D eigenvalue weighted by molar-refractivity contribution is -0.135. The molecule has 0 atom stereocenters. The minimum atomic E-state index is -0.506. The fourth-order valence-electron chi connectivity index (χ4n) is 2.02. The van der Waals surface area contributed by atoms with Gasteiger partial charge in [0.05, 0.1) is 29.4 Å². The van der Waals surface area contributed by atoms with Gasteiger partial charge < -0.3 is 14.5 Å². The van der Waals surface area contributed by atoms with Crippen LogP contribution in [0.4, 0.5) is 5.69 Å². The number of benzene rings is 1. The molecule has 128 valence electrons. The smallest absolute Gasteiger partial charge is 0.354 e. The van der Waals surface area contributed by atoms with E-state index in [0.717, 1.165) is 0 Å². The normalized spacial score (nSPS) is 11.4. The van der Waals surface area contributed by atoms with Gasteiger partial charge in [-0.15, -0.1) is 0 Å². The molecule has 8 heteroatoms. The van der Waals surface area contributed by atoms with E-state index in [1.54, 1.807) is 32.0 Å². The van der Waals surface area contributed by atoms with Crippen molar-refractivity contribution in [3.63, 3.8) is 0 Å². The predicted molar refractivity (Wildman–Crippen MR) is 92.6 cm³/mol. The van der Waals surface area contributed by atoms with Gasteiger partial charge in [0, 0.05) is 5.39 Å². The molecule has 2 aromatic rings. The summed E-state index contributed by atoms with van der Waals surface area (Å²) in [7, 11) is 0. The molecule has 0 aliphatic heterocycles. The maximum atomic E-state index is 11.9. The van der Waals surface area contributed by atoms with Crippen LogP contribution in [0.1, 0.15) is 31.3 Å². The number of aromatic amines is 1. The number of H-pyrrole nitrogens is 1. The first-order chi connectivity index (χ1) is 11.5. The number of fused-ring (bicyclic) bond motifs is 1. The van der Waals surface area contributed by atoms with Crippen molar-refractivity contribution in [2.45, 2.75) is 20.8 Å². The number of aromatic nitrogens is 1. The van der Waals surface area contributed by atoms with Gasteiger partial charge in [-0.2, -0.15) is 5.10 Å². The maximum absolute atomic E-state index is 11.9. The molecule has 0 fully saturated rings. The second-order valence-electron chi connectivity index (χ2n) is 4.82. The summed E-state index contributed by atoms with van der Waals surface area (Å²) in [5.74, 6) is -0.976. The van der Waals surface area contributed by atoms with Crippen LogP contribution in [0.15, 0.2) is 23.3 Å². The highest BCUT2D eigenvalue weighted by Gasteiger charge is 2.15. The zero-order valence-electron chi connectivity index (χ0n) is 13.6. The number of nitrogens with one attached hydrogen (secondary N) is 2. The van der Waals surface area contributed by atoms with Gasteiger partial charge in [-0.3, -0.25) is 5.43 Å². The molecule has 0 amide bonds. The number of hydrazone groups is 1. The van der Waals surface area contributed by atoms with Crippen LogP contribution in [0.5, 0.6) is 0 Å². The molecule has 0 radical (unpaired) electrons. The molecule has 0 saturated heterocycles. The quantitative estimate of drug-likeness (QED) is 0.473. The van der Waals surface area contributed by atoms with Gasteiger partial charge in [0.2, 0.25) is 0 Å². The van der Waals surface area contributed by atoms with Crippen LogP contribution in [-0.4, -0.2) is 35.8 Å². The fourth-order valence-corrected chi connectivity index (χ4v) is 2.23. The first kappa shape index (κ1) is 17.8. The highest BCUT2D eigenvalue weighted by molar-refractivity contribution is 6.36. The summed E-state index contributed by atoms with van der Waals surface area (Å²) in [4.78, 5) is 26.4. The fraction of sp³-hybridized carbons (Fsp3) is 0.312. The zero-order valence-corrected chi connectivity index (χ0v) is 14.4. The number of halogens is 1. The molecule has 1 heterocycles. The molecule has 2 N–H and O–H groups in total. The standard InChI is InChI=1S/C16H18ClN3O4/c1-4-23-15(21)9(3)19-20-12-7-6-11(17)10-8-13(18-14(10)12)16(22)24-5-2/h6-8,18,20H,4-5H2,1-3H3/b19-9+. The molecule has 24 heavy (non-hydrogen) atoms. The van der Waals surface area contributed by atoms with Gasteiger partial charge in [-0.1, -0.05) is 11.6 Å². The van der Waals surface area contributed by atoms with Crippen LogP contribution < -0.4 is 5.43 Å². The summed E-state index contributed by atoms with van der Waals surface area (Å²) < 4.78 is 9.83. The number of hydrogen-bond acceptors (Lipinski definition) is 6. The van der Waals surface area contributed by atoms with E-state index in [-0.39, 0.29) is 24.6 Å². The number of nitrogens with zero attached hydrogens (tertiary/aromatic N) is 1. The third kappa shape index (κ3) is 3.86. The van der Waals surface area contributed by atoms with E-state index in [1.165, 1.54) is 6.92 Å². The maximum Gasteiger partial charge on any atom is 0.354 e. The second-order valence-corrected chi connectivity index (χ2v) is 5.22. The van der Waals surface area contributed by atoms with E-state index < -0.39 is 11.9 Å². The first-order valence-electron chi connectivity index (χ1n) is 7.43. The zero-order chi connectivity index (χ0) is 17.7. The van der Waals surface area contributed by atoms with E-state index in [9.17, 15) is 9.59 Å². The van der Waals surface area contributed by atoms with E-state index >= 15 is 0 Å². The minimum absolute atomic E-state index is 0.178. The predicted octanol–water partition coefficient (Wildman–Crippen LogP) is 3.35. The van der Waals surface area contributed by atoms with Gasteiger partial charge >= 0.3 is 11.9 Å². The molecule has 7 nitrogen and oxygen atoms in total. The molecule has 0 aliphatic carbocycles. The Balaban J connectivity index is 2.34. The van der Waals surface area contributed by atoms with E-state index in [4.69, 9.17) is 21.1 Å².